The first-order valence-corrected chi connectivity index (χ1v) is 11.3. The van der Waals surface area contributed by atoms with Gasteiger partial charge in [-0.2, -0.15) is 0 Å². The number of hydrogen-bond donors (Lipinski definition) is 0. The minimum atomic E-state index is -0.562. The van der Waals surface area contributed by atoms with Crippen molar-refractivity contribution in [1.82, 2.24) is 9.47 Å². The summed E-state index contributed by atoms with van der Waals surface area (Å²) in [5.74, 6) is -0.261. The Morgan fingerprint density at radius 1 is 0.970 bits per heavy atom. The molecule has 1 saturated heterocycles. The molecule has 2 amide bonds. The van der Waals surface area contributed by atoms with Crippen LogP contribution in [0.1, 0.15) is 42.0 Å². The number of carbonyl (C=O) groups is 2. The number of aromatic nitrogens is 1. The maximum atomic E-state index is 13.3. The molecule has 0 N–H and O–H groups in total. The second-order valence-electron chi connectivity index (χ2n) is 8.59. The quantitative estimate of drug-likeness (QED) is 0.376. The summed E-state index contributed by atoms with van der Waals surface area (Å²) in [6, 6.07) is 27.8. The summed E-state index contributed by atoms with van der Waals surface area (Å²) < 4.78 is 7.48. The van der Waals surface area contributed by atoms with E-state index < -0.39 is 6.09 Å². The molecule has 33 heavy (non-hydrogen) atoms. The Morgan fingerprint density at radius 2 is 1.64 bits per heavy atom. The van der Waals surface area contributed by atoms with Gasteiger partial charge in [-0.05, 0) is 28.7 Å². The number of nitrogens with zero attached hydrogens (tertiary/aromatic N) is 2. The fourth-order valence-corrected chi connectivity index (χ4v) is 4.67. The Labute approximate surface area is 193 Å². The van der Waals surface area contributed by atoms with Gasteiger partial charge < -0.3 is 9.30 Å². The average molecular weight is 439 g/mol. The highest BCUT2D eigenvalue weighted by atomic mass is 16.6. The van der Waals surface area contributed by atoms with E-state index in [9.17, 15) is 9.59 Å². The van der Waals surface area contributed by atoms with Crippen molar-refractivity contribution in [2.75, 3.05) is 6.61 Å². The third-order valence-corrected chi connectivity index (χ3v) is 6.35. The van der Waals surface area contributed by atoms with Gasteiger partial charge in [0.1, 0.15) is 12.6 Å². The monoisotopic (exact) mass is 438 g/mol. The molecule has 4 aromatic rings. The zero-order valence-corrected chi connectivity index (χ0v) is 18.6. The Hall–Kier alpha value is -3.86. The predicted molar refractivity (Wildman–Crippen MR) is 128 cm³/mol. The lowest BCUT2D eigenvalue weighted by molar-refractivity contribution is -0.129. The standard InChI is InChI=1S/C28H26N2O3/c1-20(16-27(31)30-26(19-33-28(30)32)22-12-6-3-7-13-22)24-18-29(17-21-10-4-2-5-11-21)25-15-9-8-14-23(24)25/h2-15,18,20,26H,16-17,19H2,1H3/t20-,26-/m0/s1. The lowest BCUT2D eigenvalue weighted by atomic mass is 9.96. The van der Waals surface area contributed by atoms with E-state index in [0.717, 1.165) is 28.6 Å². The molecule has 5 nitrogen and oxygen atoms in total. The number of cyclic esters (lactones) is 1. The van der Waals surface area contributed by atoms with Gasteiger partial charge in [-0.1, -0.05) is 85.8 Å². The molecule has 1 aliphatic heterocycles. The first kappa shape index (κ1) is 21.0. The number of rotatable bonds is 6. The van der Waals surface area contributed by atoms with E-state index >= 15 is 0 Å². The molecule has 0 saturated carbocycles. The number of hydrogen-bond acceptors (Lipinski definition) is 3. The fraction of sp³-hybridized carbons (Fsp3) is 0.214. The van der Waals surface area contributed by atoms with Gasteiger partial charge in [0.25, 0.3) is 0 Å². The Morgan fingerprint density at radius 3 is 2.39 bits per heavy atom. The fourth-order valence-electron chi connectivity index (χ4n) is 4.67. The van der Waals surface area contributed by atoms with Crippen molar-refractivity contribution in [2.45, 2.75) is 31.8 Å². The summed E-state index contributed by atoms with van der Waals surface area (Å²) in [5, 5.41) is 1.14. The number of imide groups is 1. The van der Waals surface area contributed by atoms with Crippen LogP contribution >= 0.6 is 0 Å². The molecular formula is C28H26N2O3. The van der Waals surface area contributed by atoms with Crippen LogP contribution in [-0.2, 0) is 16.1 Å². The Bertz CT molecular complexity index is 1280. The lowest BCUT2D eigenvalue weighted by Crippen LogP contribution is -2.34. The molecule has 0 unspecified atom stereocenters. The van der Waals surface area contributed by atoms with Crippen LogP contribution in [0.15, 0.2) is 91.1 Å². The van der Waals surface area contributed by atoms with Gasteiger partial charge >= 0.3 is 6.09 Å². The molecule has 5 rings (SSSR count). The topological polar surface area (TPSA) is 51.5 Å². The third kappa shape index (κ3) is 4.14. The van der Waals surface area contributed by atoms with Crippen LogP contribution in [0.4, 0.5) is 4.79 Å². The average Bonchev–Trinajstić information content (AvgIpc) is 3.41. The van der Waals surface area contributed by atoms with Crippen LogP contribution in [0.3, 0.4) is 0 Å². The normalized spacial score (nSPS) is 16.7. The minimum Gasteiger partial charge on any atom is -0.446 e. The van der Waals surface area contributed by atoms with E-state index in [0.29, 0.717) is 0 Å². The molecule has 5 heteroatoms. The zero-order chi connectivity index (χ0) is 22.8. The smallest absolute Gasteiger partial charge is 0.417 e. The van der Waals surface area contributed by atoms with Gasteiger partial charge in [0, 0.05) is 30.1 Å². The van der Waals surface area contributed by atoms with Crippen molar-refractivity contribution >= 4 is 22.9 Å². The molecule has 2 atom stereocenters. The van der Waals surface area contributed by atoms with Crippen molar-refractivity contribution in [3.63, 3.8) is 0 Å². The van der Waals surface area contributed by atoms with Crippen LogP contribution in [0.5, 0.6) is 0 Å². The van der Waals surface area contributed by atoms with Gasteiger partial charge in [-0.25, -0.2) is 9.69 Å². The van der Waals surface area contributed by atoms with Crippen LogP contribution in [0.25, 0.3) is 10.9 Å². The molecule has 0 bridgehead atoms. The van der Waals surface area contributed by atoms with Gasteiger partial charge in [0.15, 0.2) is 0 Å². The van der Waals surface area contributed by atoms with Crippen molar-refractivity contribution < 1.29 is 14.3 Å². The van der Waals surface area contributed by atoms with E-state index in [1.807, 2.05) is 67.6 Å². The lowest BCUT2D eigenvalue weighted by Gasteiger charge is -2.21. The number of para-hydroxylation sites is 1. The Kier molecular flexibility index (Phi) is 5.69. The minimum absolute atomic E-state index is 0.0516. The van der Waals surface area contributed by atoms with Gasteiger partial charge in [-0.15, -0.1) is 0 Å². The summed E-state index contributed by atoms with van der Waals surface area (Å²) in [6.07, 6.45) is 1.82. The first-order chi connectivity index (χ1) is 16.1. The van der Waals surface area contributed by atoms with Crippen molar-refractivity contribution in [1.29, 1.82) is 0 Å². The van der Waals surface area contributed by atoms with Gasteiger partial charge in [0.05, 0.1) is 0 Å². The second kappa shape index (κ2) is 8.94. The maximum absolute atomic E-state index is 13.3. The highest BCUT2D eigenvalue weighted by Gasteiger charge is 2.39. The molecular weight excluding hydrogens is 412 g/mol. The summed E-state index contributed by atoms with van der Waals surface area (Å²) >= 11 is 0. The molecule has 0 spiro atoms. The molecule has 3 aromatic carbocycles. The zero-order valence-electron chi connectivity index (χ0n) is 18.6. The molecule has 1 aliphatic rings. The summed E-state index contributed by atoms with van der Waals surface area (Å²) in [6.45, 7) is 3.00. The number of amides is 2. The van der Waals surface area contributed by atoms with Crippen molar-refractivity contribution in [3.8, 4) is 0 Å². The van der Waals surface area contributed by atoms with E-state index in [2.05, 4.69) is 35.0 Å². The second-order valence-corrected chi connectivity index (χ2v) is 8.59. The molecule has 166 valence electrons. The molecule has 0 radical (unpaired) electrons. The van der Waals surface area contributed by atoms with Crippen LogP contribution < -0.4 is 0 Å². The summed E-state index contributed by atoms with van der Waals surface area (Å²) in [5.41, 5.74) is 4.37. The molecule has 0 aliphatic carbocycles. The predicted octanol–water partition coefficient (Wildman–Crippen LogP) is 5.90. The van der Waals surface area contributed by atoms with Crippen LogP contribution in [0.2, 0.25) is 0 Å². The largest absolute Gasteiger partial charge is 0.446 e. The summed E-state index contributed by atoms with van der Waals surface area (Å²) in [4.78, 5) is 27.0. The third-order valence-electron chi connectivity index (χ3n) is 6.35. The molecule has 1 aromatic heterocycles. The maximum Gasteiger partial charge on any atom is 0.417 e. The van der Waals surface area contributed by atoms with Crippen molar-refractivity contribution in [2.24, 2.45) is 0 Å². The highest BCUT2D eigenvalue weighted by Crippen LogP contribution is 2.33. The van der Waals surface area contributed by atoms with E-state index in [1.54, 1.807) is 0 Å². The molecule has 1 fully saturated rings. The number of fused-ring (bicyclic) bond motifs is 1. The highest BCUT2D eigenvalue weighted by molar-refractivity contribution is 5.94. The number of benzene rings is 3. The number of ether oxygens (including phenoxy) is 1. The van der Waals surface area contributed by atoms with E-state index in [4.69, 9.17) is 4.74 Å². The Balaban J connectivity index is 1.40. The summed E-state index contributed by atoms with van der Waals surface area (Å²) in [7, 11) is 0. The molecule has 2 heterocycles. The number of carbonyl (C=O) groups excluding carboxylic acids is 2. The SMILES string of the molecule is C[C@@H](CC(=O)N1C(=O)OC[C@H]1c1ccccc1)c1cn(Cc2ccccc2)c2ccccc12. The van der Waals surface area contributed by atoms with Gasteiger partial charge in [0.2, 0.25) is 5.91 Å². The van der Waals surface area contributed by atoms with E-state index in [1.165, 1.54) is 10.5 Å². The van der Waals surface area contributed by atoms with Gasteiger partial charge in [-0.3, -0.25) is 4.79 Å². The van der Waals surface area contributed by atoms with Crippen LogP contribution in [-0.4, -0.2) is 28.1 Å². The van der Waals surface area contributed by atoms with E-state index in [-0.39, 0.29) is 30.9 Å². The van der Waals surface area contributed by atoms with Crippen molar-refractivity contribution in [3.05, 3.63) is 108 Å². The van der Waals surface area contributed by atoms with Crippen LogP contribution in [0, 0.1) is 0 Å². The first-order valence-electron chi connectivity index (χ1n) is 11.3.